The Kier molecular flexibility index (Phi) is 4.36. The second-order valence-electron chi connectivity index (χ2n) is 6.83. The Bertz CT molecular complexity index is 803. The van der Waals surface area contributed by atoms with Crippen LogP contribution in [0.4, 0.5) is 4.39 Å². The molecule has 0 aliphatic carbocycles. The van der Waals surface area contributed by atoms with Gasteiger partial charge in [0, 0.05) is 26.0 Å². The van der Waals surface area contributed by atoms with Crippen molar-refractivity contribution < 1.29 is 18.7 Å². The second-order valence-corrected chi connectivity index (χ2v) is 6.83. The van der Waals surface area contributed by atoms with Gasteiger partial charge in [-0.2, -0.15) is 5.10 Å². The fourth-order valence-corrected chi connectivity index (χ4v) is 3.81. The van der Waals surface area contributed by atoms with Gasteiger partial charge in [-0.15, -0.1) is 0 Å². The summed E-state index contributed by atoms with van der Waals surface area (Å²) in [6.07, 6.45) is 4.78. The third-order valence-electron chi connectivity index (χ3n) is 5.27. The summed E-state index contributed by atoms with van der Waals surface area (Å²) in [6.45, 7) is 2.19. The molecule has 138 valence electrons. The van der Waals surface area contributed by atoms with E-state index >= 15 is 0 Å². The molecule has 2 fully saturated rings. The number of ether oxygens (including phenoxy) is 2. The van der Waals surface area contributed by atoms with Crippen molar-refractivity contribution in [1.82, 2.24) is 19.7 Å². The van der Waals surface area contributed by atoms with Gasteiger partial charge in [0.25, 0.3) is 5.91 Å². The number of aromatic nitrogens is 3. The number of carbonyl (C=O) groups is 1. The van der Waals surface area contributed by atoms with Crippen LogP contribution < -0.4 is 4.74 Å². The zero-order valence-electron chi connectivity index (χ0n) is 14.6. The summed E-state index contributed by atoms with van der Waals surface area (Å²) in [5.74, 6) is -0.176. The zero-order chi connectivity index (χ0) is 18.1. The van der Waals surface area contributed by atoms with Crippen LogP contribution in [0, 0.1) is 11.7 Å². The van der Waals surface area contributed by atoms with Crippen LogP contribution in [0.25, 0.3) is 0 Å². The average Bonchev–Trinajstić information content (AvgIpc) is 3.21. The van der Waals surface area contributed by atoms with Crippen molar-refractivity contribution in [2.75, 3.05) is 26.3 Å². The van der Waals surface area contributed by atoms with Crippen molar-refractivity contribution in [3.8, 4) is 5.88 Å². The van der Waals surface area contributed by atoms with Crippen LogP contribution >= 0.6 is 0 Å². The topological polar surface area (TPSA) is 69.5 Å². The molecule has 8 heteroatoms. The Balaban J connectivity index is 1.32. The lowest BCUT2D eigenvalue weighted by Gasteiger charge is -2.50. The van der Waals surface area contributed by atoms with Crippen molar-refractivity contribution in [2.24, 2.45) is 13.0 Å². The largest absolute Gasteiger partial charge is 0.476 e. The maximum Gasteiger partial charge on any atom is 0.272 e. The molecule has 2 aliphatic heterocycles. The molecule has 4 rings (SSSR count). The summed E-state index contributed by atoms with van der Waals surface area (Å²) in [5, 5.41) is 4.04. The van der Waals surface area contributed by atoms with E-state index in [4.69, 9.17) is 9.47 Å². The number of pyridine rings is 1. The number of rotatable bonds is 5. The Morgan fingerprint density at radius 2 is 2.27 bits per heavy atom. The Hall–Kier alpha value is -2.48. The number of amides is 1. The third-order valence-corrected chi connectivity index (χ3v) is 5.27. The van der Waals surface area contributed by atoms with Crippen molar-refractivity contribution in [3.63, 3.8) is 0 Å². The first kappa shape index (κ1) is 17.0. The van der Waals surface area contributed by atoms with Gasteiger partial charge in [-0.3, -0.25) is 9.48 Å². The molecule has 1 spiro atoms. The van der Waals surface area contributed by atoms with Crippen LogP contribution in [0.1, 0.15) is 23.3 Å². The molecule has 2 aliphatic rings. The van der Waals surface area contributed by atoms with E-state index in [0.717, 1.165) is 12.8 Å². The van der Waals surface area contributed by atoms with E-state index in [9.17, 15) is 9.18 Å². The highest BCUT2D eigenvalue weighted by Gasteiger charge is 2.54. The van der Waals surface area contributed by atoms with Crippen LogP contribution in [-0.2, 0) is 11.8 Å². The average molecular weight is 360 g/mol. The van der Waals surface area contributed by atoms with E-state index in [1.54, 1.807) is 28.9 Å². The van der Waals surface area contributed by atoms with Crippen molar-refractivity contribution >= 4 is 5.91 Å². The molecular weight excluding hydrogens is 339 g/mol. The van der Waals surface area contributed by atoms with E-state index in [1.165, 1.54) is 18.3 Å². The lowest BCUT2D eigenvalue weighted by Crippen LogP contribution is -2.66. The Morgan fingerprint density at radius 3 is 3.00 bits per heavy atom. The molecule has 0 radical (unpaired) electrons. The first-order valence-electron chi connectivity index (χ1n) is 8.74. The molecule has 0 unspecified atom stereocenters. The Morgan fingerprint density at radius 1 is 1.42 bits per heavy atom. The van der Waals surface area contributed by atoms with Crippen molar-refractivity contribution in [3.05, 3.63) is 42.1 Å². The lowest BCUT2D eigenvalue weighted by molar-refractivity contribution is -0.119. The number of hydrogen-bond acceptors (Lipinski definition) is 5. The number of likely N-dealkylation sites (tertiary alicyclic amines) is 1. The summed E-state index contributed by atoms with van der Waals surface area (Å²) < 4.78 is 26.6. The first-order valence-corrected chi connectivity index (χ1v) is 8.74. The minimum atomic E-state index is -0.457. The van der Waals surface area contributed by atoms with E-state index in [1.807, 2.05) is 0 Å². The first-order chi connectivity index (χ1) is 12.6. The molecule has 0 saturated carbocycles. The highest BCUT2D eigenvalue weighted by atomic mass is 19.1. The van der Waals surface area contributed by atoms with E-state index in [0.29, 0.717) is 32.0 Å². The van der Waals surface area contributed by atoms with Crippen molar-refractivity contribution in [2.45, 2.75) is 18.4 Å². The van der Waals surface area contributed by atoms with Gasteiger partial charge in [0.2, 0.25) is 5.88 Å². The predicted octanol–water partition coefficient (Wildman–Crippen LogP) is 1.65. The van der Waals surface area contributed by atoms with Crippen LogP contribution in [0.2, 0.25) is 0 Å². The highest BCUT2D eigenvalue weighted by Crippen LogP contribution is 2.42. The standard InChI is InChI=1S/C18H21FN4O3/c1-22-15(4-8-21-22)17(24)23-11-18(12-23)13(6-10-26-18)5-9-25-16-14(19)3-2-7-20-16/h2-4,7-8,13H,5-6,9-12H2,1H3/t13-/m1/s1. The molecule has 26 heavy (non-hydrogen) atoms. The lowest BCUT2D eigenvalue weighted by atomic mass is 9.79. The van der Waals surface area contributed by atoms with Gasteiger partial charge in [-0.1, -0.05) is 0 Å². The van der Waals surface area contributed by atoms with E-state index in [-0.39, 0.29) is 23.3 Å². The summed E-state index contributed by atoms with van der Waals surface area (Å²) in [4.78, 5) is 18.2. The molecule has 2 saturated heterocycles. The van der Waals surface area contributed by atoms with Gasteiger partial charge in [0.1, 0.15) is 11.3 Å². The van der Waals surface area contributed by atoms with Crippen molar-refractivity contribution in [1.29, 1.82) is 0 Å². The molecule has 1 amide bonds. The molecule has 0 N–H and O–H groups in total. The van der Waals surface area contributed by atoms with Gasteiger partial charge in [0.15, 0.2) is 5.82 Å². The van der Waals surface area contributed by atoms with Gasteiger partial charge in [0.05, 0.1) is 19.7 Å². The van der Waals surface area contributed by atoms with Gasteiger partial charge < -0.3 is 14.4 Å². The van der Waals surface area contributed by atoms with Gasteiger partial charge in [-0.05, 0) is 37.0 Å². The molecule has 4 heterocycles. The predicted molar refractivity (Wildman–Crippen MR) is 90.2 cm³/mol. The molecule has 1 atom stereocenters. The Labute approximate surface area is 150 Å². The minimum absolute atomic E-state index is 0.0297. The highest BCUT2D eigenvalue weighted by molar-refractivity contribution is 5.93. The van der Waals surface area contributed by atoms with Crippen LogP contribution in [0.15, 0.2) is 30.6 Å². The third kappa shape index (κ3) is 2.94. The zero-order valence-corrected chi connectivity index (χ0v) is 14.6. The fraction of sp³-hybridized carbons (Fsp3) is 0.500. The summed E-state index contributed by atoms with van der Waals surface area (Å²) in [5.41, 5.74) is 0.267. The normalized spacial score (nSPS) is 21.0. The molecule has 2 aromatic rings. The molecular formula is C18H21FN4O3. The maximum absolute atomic E-state index is 13.6. The van der Waals surface area contributed by atoms with E-state index < -0.39 is 5.82 Å². The fourth-order valence-electron chi connectivity index (χ4n) is 3.81. The molecule has 0 aromatic carbocycles. The molecule has 0 bridgehead atoms. The summed E-state index contributed by atoms with van der Waals surface area (Å²) >= 11 is 0. The van der Waals surface area contributed by atoms with Crippen LogP contribution in [0.5, 0.6) is 5.88 Å². The number of carbonyl (C=O) groups excluding carboxylic acids is 1. The maximum atomic E-state index is 13.6. The summed E-state index contributed by atoms with van der Waals surface area (Å²) in [7, 11) is 1.76. The number of hydrogen-bond donors (Lipinski definition) is 0. The number of aryl methyl sites for hydroxylation is 1. The number of nitrogens with zero attached hydrogens (tertiary/aromatic N) is 4. The quantitative estimate of drug-likeness (QED) is 0.811. The molecule has 2 aromatic heterocycles. The number of halogens is 1. The summed E-state index contributed by atoms with van der Waals surface area (Å²) in [6, 6.07) is 4.58. The minimum Gasteiger partial charge on any atom is -0.476 e. The van der Waals surface area contributed by atoms with Gasteiger partial charge >= 0.3 is 0 Å². The SMILES string of the molecule is Cn1nccc1C(=O)N1CC2(C1)OCC[C@H]2CCOc1ncccc1F. The smallest absolute Gasteiger partial charge is 0.272 e. The molecule has 7 nitrogen and oxygen atoms in total. The van der Waals surface area contributed by atoms with Gasteiger partial charge in [-0.25, -0.2) is 9.37 Å². The van der Waals surface area contributed by atoms with Crippen LogP contribution in [-0.4, -0.2) is 57.5 Å². The van der Waals surface area contributed by atoms with Crippen LogP contribution in [0.3, 0.4) is 0 Å². The van der Waals surface area contributed by atoms with E-state index in [2.05, 4.69) is 10.1 Å². The monoisotopic (exact) mass is 360 g/mol. The second kappa shape index (κ2) is 6.68.